The van der Waals surface area contributed by atoms with Crippen LogP contribution >= 0.6 is 0 Å². The summed E-state index contributed by atoms with van der Waals surface area (Å²) in [5, 5.41) is 7.46. The molecule has 0 N–H and O–H groups in total. The number of para-hydroxylation sites is 4. The van der Waals surface area contributed by atoms with Crippen molar-refractivity contribution in [2.24, 2.45) is 0 Å². The highest BCUT2D eigenvalue weighted by Gasteiger charge is 2.23. The monoisotopic (exact) mass is 784 g/mol. The van der Waals surface area contributed by atoms with Crippen LogP contribution in [-0.4, -0.2) is 4.57 Å². The molecule has 0 radical (unpaired) electrons. The summed E-state index contributed by atoms with van der Waals surface area (Å²) in [4.78, 5) is 2.42. The number of hydrogen-bond donors (Lipinski definition) is 0. The van der Waals surface area contributed by atoms with Gasteiger partial charge in [0.2, 0.25) is 0 Å². The SMILES string of the molecule is c1ccc(-n2c3ccccc3c3ccc(-c4ccc(N(c5ccc6c(c5)oc5ccccc56)c5ccccc5-c5cccc6cccc(C7CCCCC7)c56)cc4)cc32)cc1. The molecular weight excluding hydrogens is 741 g/mol. The lowest BCUT2D eigenvalue weighted by molar-refractivity contribution is 0.445. The molecule has 2 aromatic heterocycles. The van der Waals surface area contributed by atoms with Crippen LogP contribution in [0.5, 0.6) is 0 Å². The van der Waals surface area contributed by atoms with E-state index in [2.05, 4.69) is 204 Å². The molecule has 0 atom stereocenters. The van der Waals surface area contributed by atoms with Gasteiger partial charge in [-0.3, -0.25) is 0 Å². The summed E-state index contributed by atoms with van der Waals surface area (Å²) < 4.78 is 8.91. The van der Waals surface area contributed by atoms with Crippen molar-refractivity contribution < 1.29 is 4.42 Å². The van der Waals surface area contributed by atoms with E-state index in [1.165, 1.54) is 92.5 Å². The van der Waals surface area contributed by atoms with Gasteiger partial charge in [-0.25, -0.2) is 0 Å². The topological polar surface area (TPSA) is 21.3 Å². The van der Waals surface area contributed by atoms with Crippen LogP contribution in [0.3, 0.4) is 0 Å². The standard InChI is InChI=1S/C58H44N2O/c1-3-15-40(16-4-1)46-24-13-17-41-18-14-25-52(58(41)46)48-22-8-10-26-53(48)59(45-34-36-51-50-23-9-12-28-56(50)61-57(51)38-45)44-32-29-39(30-33-44)42-31-35-49-47-21-7-11-27-54(47)60(55(49)37-42)43-19-5-2-6-20-43/h2,5-14,17-38,40H,1,3-4,15-16H2. The lowest BCUT2D eigenvalue weighted by Crippen LogP contribution is -2.11. The maximum Gasteiger partial charge on any atom is 0.137 e. The first kappa shape index (κ1) is 35.6. The van der Waals surface area contributed by atoms with Crippen LogP contribution < -0.4 is 4.90 Å². The van der Waals surface area contributed by atoms with Crippen LogP contribution in [-0.2, 0) is 0 Å². The molecule has 2 heterocycles. The Kier molecular flexibility index (Phi) is 8.59. The quantitative estimate of drug-likeness (QED) is 0.161. The molecule has 0 saturated heterocycles. The number of rotatable bonds is 7. The van der Waals surface area contributed by atoms with Crippen molar-refractivity contribution in [2.75, 3.05) is 4.90 Å². The molecule has 0 unspecified atom stereocenters. The zero-order chi connectivity index (χ0) is 40.3. The smallest absolute Gasteiger partial charge is 0.137 e. The van der Waals surface area contributed by atoms with Crippen molar-refractivity contribution in [3.63, 3.8) is 0 Å². The summed E-state index contributed by atoms with van der Waals surface area (Å²) in [7, 11) is 0. The summed E-state index contributed by atoms with van der Waals surface area (Å²) in [5.74, 6) is 0.582. The van der Waals surface area contributed by atoms with Gasteiger partial charge in [0.1, 0.15) is 11.2 Å². The fourth-order valence-corrected chi connectivity index (χ4v) is 10.3. The number of fused-ring (bicyclic) bond motifs is 7. The van der Waals surface area contributed by atoms with Gasteiger partial charge < -0.3 is 13.9 Å². The van der Waals surface area contributed by atoms with E-state index in [0.717, 1.165) is 44.7 Å². The van der Waals surface area contributed by atoms with Crippen molar-refractivity contribution in [1.29, 1.82) is 0 Å². The molecule has 11 aromatic rings. The Hall–Kier alpha value is -7.36. The summed E-state index contributed by atoms with van der Waals surface area (Å²) in [6.07, 6.45) is 6.46. The number of nitrogens with zero attached hydrogens (tertiary/aromatic N) is 2. The molecular formula is C58H44N2O. The molecule has 61 heavy (non-hydrogen) atoms. The molecule has 1 saturated carbocycles. The average molecular weight is 785 g/mol. The minimum Gasteiger partial charge on any atom is -0.456 e. The van der Waals surface area contributed by atoms with Gasteiger partial charge in [0, 0.05) is 50.2 Å². The molecule has 0 amide bonds. The van der Waals surface area contributed by atoms with Gasteiger partial charge in [0.05, 0.1) is 16.7 Å². The number of benzene rings is 9. The highest BCUT2D eigenvalue weighted by atomic mass is 16.3. The Morgan fingerprint density at radius 2 is 1.10 bits per heavy atom. The van der Waals surface area contributed by atoms with E-state index in [4.69, 9.17) is 4.42 Å². The van der Waals surface area contributed by atoms with Crippen molar-refractivity contribution in [3.8, 4) is 27.9 Å². The second-order valence-electron chi connectivity index (χ2n) is 16.7. The molecule has 1 aliphatic carbocycles. The van der Waals surface area contributed by atoms with Gasteiger partial charge in [0.15, 0.2) is 0 Å². The van der Waals surface area contributed by atoms with Crippen molar-refractivity contribution in [1.82, 2.24) is 4.57 Å². The van der Waals surface area contributed by atoms with E-state index >= 15 is 0 Å². The van der Waals surface area contributed by atoms with Crippen molar-refractivity contribution >= 4 is 71.6 Å². The van der Waals surface area contributed by atoms with Crippen molar-refractivity contribution in [2.45, 2.75) is 38.0 Å². The van der Waals surface area contributed by atoms with Gasteiger partial charge in [-0.2, -0.15) is 0 Å². The highest BCUT2D eigenvalue weighted by molar-refractivity contribution is 6.11. The third-order valence-corrected chi connectivity index (χ3v) is 13.2. The van der Waals surface area contributed by atoms with Gasteiger partial charge in [0.25, 0.3) is 0 Å². The van der Waals surface area contributed by atoms with Gasteiger partial charge in [-0.05, 0) is 112 Å². The van der Waals surface area contributed by atoms with Gasteiger partial charge in [-0.15, -0.1) is 0 Å². The first-order valence-corrected chi connectivity index (χ1v) is 21.8. The van der Waals surface area contributed by atoms with Crippen LogP contribution in [0.15, 0.2) is 205 Å². The minimum absolute atomic E-state index is 0.582. The molecule has 9 aromatic carbocycles. The molecule has 0 bridgehead atoms. The number of anilines is 3. The van der Waals surface area contributed by atoms with Crippen LogP contribution in [0.1, 0.15) is 43.6 Å². The zero-order valence-electron chi connectivity index (χ0n) is 34.0. The minimum atomic E-state index is 0.582. The Morgan fingerprint density at radius 1 is 0.443 bits per heavy atom. The lowest BCUT2D eigenvalue weighted by atomic mass is 9.80. The molecule has 0 aliphatic heterocycles. The van der Waals surface area contributed by atoms with Crippen LogP contribution in [0, 0.1) is 0 Å². The van der Waals surface area contributed by atoms with Crippen molar-refractivity contribution in [3.05, 3.63) is 206 Å². The maximum absolute atomic E-state index is 6.52. The molecule has 3 heteroatoms. The average Bonchev–Trinajstić information content (AvgIpc) is 3.87. The van der Waals surface area contributed by atoms with E-state index in [1.54, 1.807) is 0 Å². The van der Waals surface area contributed by atoms with Crippen LogP contribution in [0.2, 0.25) is 0 Å². The molecule has 292 valence electrons. The second kappa shape index (κ2) is 14.7. The Bertz CT molecular complexity index is 3400. The number of furan rings is 1. The molecule has 1 aliphatic rings. The van der Waals surface area contributed by atoms with E-state index in [0.29, 0.717) is 5.92 Å². The van der Waals surface area contributed by atoms with E-state index < -0.39 is 0 Å². The summed E-state index contributed by atoms with van der Waals surface area (Å²) in [5.41, 5.74) is 15.0. The van der Waals surface area contributed by atoms with Crippen LogP contribution in [0.4, 0.5) is 17.1 Å². The van der Waals surface area contributed by atoms with E-state index in [9.17, 15) is 0 Å². The summed E-state index contributed by atoms with van der Waals surface area (Å²) >= 11 is 0. The fraction of sp³-hybridized carbons (Fsp3) is 0.103. The molecule has 3 nitrogen and oxygen atoms in total. The first-order chi connectivity index (χ1) is 30.3. The molecule has 12 rings (SSSR count). The van der Waals surface area contributed by atoms with Gasteiger partial charge >= 0.3 is 0 Å². The second-order valence-corrected chi connectivity index (χ2v) is 16.7. The number of hydrogen-bond acceptors (Lipinski definition) is 2. The maximum atomic E-state index is 6.52. The first-order valence-electron chi connectivity index (χ1n) is 21.8. The molecule has 1 fully saturated rings. The Labute approximate surface area is 355 Å². The Balaban J connectivity index is 1.02. The van der Waals surface area contributed by atoms with Crippen LogP contribution in [0.25, 0.3) is 82.5 Å². The summed E-state index contributed by atoms with van der Waals surface area (Å²) in [6, 6.07) is 73.2. The lowest BCUT2D eigenvalue weighted by Gasteiger charge is -2.29. The number of aromatic nitrogens is 1. The fourth-order valence-electron chi connectivity index (χ4n) is 10.3. The van der Waals surface area contributed by atoms with E-state index in [-0.39, 0.29) is 0 Å². The zero-order valence-corrected chi connectivity index (χ0v) is 34.0. The van der Waals surface area contributed by atoms with E-state index in [1.807, 2.05) is 6.07 Å². The Morgan fingerprint density at radius 3 is 1.97 bits per heavy atom. The molecule has 0 spiro atoms. The predicted molar refractivity (Wildman–Crippen MR) is 257 cm³/mol. The van der Waals surface area contributed by atoms with Gasteiger partial charge in [-0.1, -0.05) is 153 Å². The third-order valence-electron chi connectivity index (χ3n) is 13.2. The summed E-state index contributed by atoms with van der Waals surface area (Å²) in [6.45, 7) is 0. The predicted octanol–water partition coefficient (Wildman–Crippen LogP) is 16.7. The largest absolute Gasteiger partial charge is 0.456 e. The normalized spacial score (nSPS) is 13.5. The highest BCUT2D eigenvalue weighted by Crippen LogP contribution is 2.47. The third kappa shape index (κ3) is 6.03.